The summed E-state index contributed by atoms with van der Waals surface area (Å²) in [4.78, 5) is 23.8. The number of carbonyl (C=O) groups is 2. The zero-order valence-corrected chi connectivity index (χ0v) is 16.3. The van der Waals surface area contributed by atoms with Gasteiger partial charge in [-0.2, -0.15) is 0 Å². The van der Waals surface area contributed by atoms with Gasteiger partial charge in [0.05, 0.1) is 29.3 Å². The average molecular weight is 440 g/mol. The number of carbonyl (C=O) groups excluding carboxylic acids is 1. The van der Waals surface area contributed by atoms with Gasteiger partial charge in [-0.05, 0) is 12.1 Å². The molecule has 0 fully saturated rings. The molecule has 2 rings (SSSR count). The highest BCUT2D eigenvalue weighted by molar-refractivity contribution is 6.39. The Kier molecular flexibility index (Phi) is 6.47. The van der Waals surface area contributed by atoms with Gasteiger partial charge in [0.2, 0.25) is 0 Å². The van der Waals surface area contributed by atoms with Crippen LogP contribution in [-0.2, 0) is 0 Å². The Hall–Kier alpha value is -1.86. The molecule has 1 N–H and O–H groups in total. The van der Waals surface area contributed by atoms with E-state index in [0.717, 1.165) is 6.07 Å². The number of halogens is 4. The monoisotopic (exact) mass is 438 g/mol. The molecule has 0 aliphatic heterocycles. The van der Waals surface area contributed by atoms with Crippen LogP contribution in [0.4, 0.5) is 0 Å². The van der Waals surface area contributed by atoms with Crippen LogP contribution in [0.5, 0.6) is 17.2 Å². The molecule has 0 saturated heterocycles. The lowest BCUT2D eigenvalue weighted by Crippen LogP contribution is -2.12. The normalized spacial score (nSPS) is 10.4. The second kappa shape index (κ2) is 8.22. The smallest absolute Gasteiger partial charge is 0.348 e. The number of carboxylic acid groups (broad SMARTS) is 1. The van der Waals surface area contributed by atoms with Crippen molar-refractivity contribution >= 4 is 58.3 Å². The molecular weight excluding hydrogens is 430 g/mol. The van der Waals surface area contributed by atoms with Crippen molar-refractivity contribution in [1.29, 1.82) is 0 Å². The highest BCUT2D eigenvalue weighted by atomic mass is 35.5. The van der Waals surface area contributed by atoms with Crippen LogP contribution in [0.2, 0.25) is 20.1 Å². The van der Waals surface area contributed by atoms with Crippen molar-refractivity contribution in [1.82, 2.24) is 0 Å². The van der Waals surface area contributed by atoms with Crippen LogP contribution >= 0.6 is 46.4 Å². The van der Waals surface area contributed by atoms with E-state index in [9.17, 15) is 14.7 Å². The summed E-state index contributed by atoms with van der Waals surface area (Å²) >= 11 is 24.1. The highest BCUT2D eigenvalue weighted by Crippen LogP contribution is 2.42. The van der Waals surface area contributed by atoms with Gasteiger partial charge in [0, 0.05) is 6.07 Å². The Morgan fingerprint density at radius 2 is 1.46 bits per heavy atom. The van der Waals surface area contributed by atoms with Crippen LogP contribution in [0.15, 0.2) is 18.2 Å². The quantitative estimate of drug-likeness (QED) is 0.507. The van der Waals surface area contributed by atoms with Crippen molar-refractivity contribution in [3.63, 3.8) is 0 Å². The minimum atomic E-state index is -1.36. The second-order valence-electron chi connectivity index (χ2n) is 4.71. The number of carboxylic acids is 1. The molecule has 0 aromatic heterocycles. The Balaban J connectivity index is 2.54. The molecule has 2 aromatic carbocycles. The first-order chi connectivity index (χ1) is 12.2. The van der Waals surface area contributed by atoms with Crippen LogP contribution in [0.25, 0.3) is 0 Å². The van der Waals surface area contributed by atoms with Gasteiger partial charge in [-0.3, -0.25) is 0 Å². The number of benzene rings is 2. The third kappa shape index (κ3) is 3.78. The lowest BCUT2D eigenvalue weighted by molar-refractivity contribution is 0.0693. The van der Waals surface area contributed by atoms with E-state index < -0.39 is 11.9 Å². The van der Waals surface area contributed by atoms with Gasteiger partial charge < -0.3 is 19.3 Å². The molecule has 0 saturated carbocycles. The molecule has 10 heteroatoms. The van der Waals surface area contributed by atoms with Gasteiger partial charge in [-0.1, -0.05) is 46.4 Å². The number of aromatic carboxylic acids is 1. The van der Waals surface area contributed by atoms with E-state index in [1.807, 2.05) is 0 Å². The fraction of sp³-hybridized carbons (Fsp3) is 0.125. The Bertz CT molecular complexity index is 897. The van der Waals surface area contributed by atoms with E-state index in [2.05, 4.69) is 0 Å². The third-order valence-electron chi connectivity index (χ3n) is 3.23. The maximum atomic E-state index is 12.5. The minimum absolute atomic E-state index is 0.0144. The molecule has 0 aliphatic rings. The number of rotatable bonds is 5. The predicted molar refractivity (Wildman–Crippen MR) is 97.9 cm³/mol. The van der Waals surface area contributed by atoms with E-state index in [-0.39, 0.29) is 48.5 Å². The van der Waals surface area contributed by atoms with Crippen molar-refractivity contribution in [2.45, 2.75) is 0 Å². The molecule has 0 aliphatic carbocycles. The van der Waals surface area contributed by atoms with Crippen molar-refractivity contribution in [2.75, 3.05) is 14.2 Å². The second-order valence-corrected chi connectivity index (χ2v) is 6.31. The lowest BCUT2D eigenvalue weighted by atomic mass is 10.1. The molecule has 26 heavy (non-hydrogen) atoms. The largest absolute Gasteiger partial charge is 0.494 e. The standard InChI is InChI=1S/C16H10Cl4O6/c1-24-13-7(18)4-3-6(17)11(13)16(23)26-9-5-8(19)10(15(21)22)14(25-2)12(9)20/h3-5H,1-2H3,(H,21,22). The zero-order chi connectivity index (χ0) is 19.6. The molecule has 0 heterocycles. The number of methoxy groups -OCH3 is 2. The average Bonchev–Trinajstić information content (AvgIpc) is 2.58. The summed E-state index contributed by atoms with van der Waals surface area (Å²) in [6.45, 7) is 0. The molecule has 2 aromatic rings. The summed E-state index contributed by atoms with van der Waals surface area (Å²) in [6, 6.07) is 3.93. The van der Waals surface area contributed by atoms with Gasteiger partial charge in [-0.25, -0.2) is 9.59 Å². The first kappa shape index (κ1) is 20.5. The molecule has 0 unspecified atom stereocenters. The fourth-order valence-corrected chi connectivity index (χ4v) is 3.11. The van der Waals surface area contributed by atoms with Gasteiger partial charge in [-0.15, -0.1) is 0 Å². The SMILES string of the molecule is COc1c(Cl)ccc(Cl)c1C(=O)Oc1cc(Cl)c(C(=O)O)c(OC)c1Cl. The van der Waals surface area contributed by atoms with E-state index in [4.69, 9.17) is 60.6 Å². The maximum Gasteiger partial charge on any atom is 0.348 e. The Morgan fingerprint density at radius 3 is 2.00 bits per heavy atom. The van der Waals surface area contributed by atoms with Gasteiger partial charge >= 0.3 is 11.9 Å². The highest BCUT2D eigenvalue weighted by Gasteiger charge is 2.27. The first-order valence-corrected chi connectivity index (χ1v) is 8.27. The van der Waals surface area contributed by atoms with E-state index in [1.54, 1.807) is 0 Å². The van der Waals surface area contributed by atoms with Crippen LogP contribution in [0.1, 0.15) is 20.7 Å². The van der Waals surface area contributed by atoms with E-state index in [1.165, 1.54) is 26.4 Å². The van der Waals surface area contributed by atoms with Crippen molar-refractivity contribution < 1.29 is 28.9 Å². The predicted octanol–water partition coefficient (Wildman–Crippen LogP) is 5.23. The van der Waals surface area contributed by atoms with E-state index >= 15 is 0 Å². The fourth-order valence-electron chi connectivity index (χ4n) is 2.12. The van der Waals surface area contributed by atoms with Crippen LogP contribution < -0.4 is 14.2 Å². The molecule has 138 valence electrons. The van der Waals surface area contributed by atoms with E-state index in [0.29, 0.717) is 0 Å². The molecule has 0 spiro atoms. The summed E-state index contributed by atoms with van der Waals surface area (Å²) in [6.07, 6.45) is 0. The van der Waals surface area contributed by atoms with Gasteiger partial charge in [0.15, 0.2) is 17.2 Å². The topological polar surface area (TPSA) is 82.1 Å². The maximum absolute atomic E-state index is 12.5. The molecule has 0 atom stereocenters. The summed E-state index contributed by atoms with van der Waals surface area (Å²) in [5, 5.41) is 8.91. The summed E-state index contributed by atoms with van der Waals surface area (Å²) < 4.78 is 15.3. The summed E-state index contributed by atoms with van der Waals surface area (Å²) in [7, 11) is 2.51. The first-order valence-electron chi connectivity index (χ1n) is 6.76. The number of esters is 1. The van der Waals surface area contributed by atoms with Gasteiger partial charge in [0.25, 0.3) is 0 Å². The van der Waals surface area contributed by atoms with Gasteiger partial charge in [0.1, 0.15) is 16.1 Å². The number of hydrogen-bond acceptors (Lipinski definition) is 5. The molecule has 0 radical (unpaired) electrons. The van der Waals surface area contributed by atoms with Crippen LogP contribution in [0, 0.1) is 0 Å². The van der Waals surface area contributed by atoms with Crippen LogP contribution in [-0.4, -0.2) is 31.3 Å². The minimum Gasteiger partial charge on any atom is -0.494 e. The lowest BCUT2D eigenvalue weighted by Gasteiger charge is -2.15. The van der Waals surface area contributed by atoms with Crippen LogP contribution in [0.3, 0.4) is 0 Å². The number of hydrogen-bond donors (Lipinski definition) is 1. The Morgan fingerprint density at radius 1 is 0.885 bits per heavy atom. The summed E-state index contributed by atoms with van der Waals surface area (Å²) in [5.41, 5.74) is -0.493. The molecule has 0 bridgehead atoms. The molecule has 0 amide bonds. The Labute approximate surface area is 168 Å². The number of ether oxygens (including phenoxy) is 3. The zero-order valence-electron chi connectivity index (χ0n) is 13.2. The molecular formula is C16H10Cl4O6. The molecule has 6 nitrogen and oxygen atoms in total. The third-order valence-corrected chi connectivity index (χ3v) is 4.50. The summed E-state index contributed by atoms with van der Waals surface area (Å²) in [5.74, 6) is -2.75. The van der Waals surface area contributed by atoms with Crippen molar-refractivity contribution in [3.05, 3.63) is 49.4 Å². The van der Waals surface area contributed by atoms with Crippen molar-refractivity contribution in [3.8, 4) is 17.2 Å². The van der Waals surface area contributed by atoms with Crippen molar-refractivity contribution in [2.24, 2.45) is 0 Å².